The van der Waals surface area contributed by atoms with Crippen LogP contribution >= 0.6 is 7.92 Å². The zero-order valence-corrected chi connectivity index (χ0v) is 22.0. The van der Waals surface area contributed by atoms with Gasteiger partial charge in [0.15, 0.2) is 0 Å². The van der Waals surface area contributed by atoms with Gasteiger partial charge in [-0.05, 0) is 68.1 Å². The summed E-state index contributed by atoms with van der Waals surface area (Å²) >= 11 is 0. The van der Waals surface area contributed by atoms with Gasteiger partial charge in [0.1, 0.15) is 0 Å². The zero-order chi connectivity index (χ0) is 24.2. The highest BCUT2D eigenvalue weighted by Gasteiger charge is 2.35. The van der Waals surface area contributed by atoms with Crippen LogP contribution in [0, 0.1) is 20.8 Å². The quantitative estimate of drug-likeness (QED) is 0.289. The van der Waals surface area contributed by atoms with Crippen LogP contribution in [0.15, 0.2) is 103 Å². The SMILES string of the molecule is Cc1cc(C)c(C(N2CCN(c3ccccc3)CC2)P(c2ccccc2)c2ccccc2)c(C)c1. The number of nitrogens with zero attached hydrogens (tertiary/aromatic N) is 2. The number of anilines is 1. The van der Waals surface area contributed by atoms with Crippen LogP contribution in [0.4, 0.5) is 5.69 Å². The molecule has 35 heavy (non-hydrogen) atoms. The number of para-hydroxylation sites is 1. The van der Waals surface area contributed by atoms with E-state index in [1.54, 1.807) is 0 Å². The number of rotatable bonds is 6. The van der Waals surface area contributed by atoms with Crippen LogP contribution in [0.3, 0.4) is 0 Å². The smallest absolute Gasteiger partial charge is 0.0637 e. The summed E-state index contributed by atoms with van der Waals surface area (Å²) in [5, 5.41) is 2.90. The van der Waals surface area contributed by atoms with Crippen molar-refractivity contribution < 1.29 is 0 Å². The number of benzene rings is 4. The van der Waals surface area contributed by atoms with Crippen LogP contribution < -0.4 is 15.5 Å². The lowest BCUT2D eigenvalue weighted by atomic mass is 9.99. The second-order valence-electron chi connectivity index (χ2n) is 9.59. The Bertz CT molecular complexity index is 1170. The summed E-state index contributed by atoms with van der Waals surface area (Å²) in [4.78, 5) is 5.31. The molecular formula is C32H35N2P. The molecule has 178 valence electrons. The fourth-order valence-corrected chi connectivity index (χ4v) is 8.62. The topological polar surface area (TPSA) is 6.48 Å². The molecule has 4 aromatic carbocycles. The van der Waals surface area contributed by atoms with E-state index in [2.05, 4.69) is 134 Å². The first-order valence-electron chi connectivity index (χ1n) is 12.6. The normalized spacial score (nSPS) is 15.4. The lowest BCUT2D eigenvalue weighted by Gasteiger charge is -2.44. The predicted molar refractivity (Wildman–Crippen MR) is 153 cm³/mol. The third kappa shape index (κ3) is 5.20. The summed E-state index contributed by atoms with van der Waals surface area (Å²) in [6.45, 7) is 11.1. The van der Waals surface area contributed by atoms with Gasteiger partial charge in [-0.25, -0.2) is 0 Å². The molecule has 2 nitrogen and oxygen atoms in total. The average Bonchev–Trinajstić information content (AvgIpc) is 2.89. The average molecular weight is 479 g/mol. The maximum absolute atomic E-state index is 2.77. The van der Waals surface area contributed by atoms with E-state index >= 15 is 0 Å². The van der Waals surface area contributed by atoms with E-state index in [1.807, 2.05) is 0 Å². The molecule has 1 unspecified atom stereocenters. The third-order valence-electron chi connectivity index (χ3n) is 7.09. The first-order valence-corrected chi connectivity index (χ1v) is 14.0. The minimum atomic E-state index is -0.617. The van der Waals surface area contributed by atoms with Crippen molar-refractivity contribution in [3.05, 3.63) is 125 Å². The molecule has 0 radical (unpaired) electrons. The molecule has 0 aliphatic carbocycles. The molecule has 1 aliphatic heterocycles. The molecule has 0 N–H and O–H groups in total. The minimum Gasteiger partial charge on any atom is -0.369 e. The lowest BCUT2D eigenvalue weighted by Crippen LogP contribution is -2.48. The first-order chi connectivity index (χ1) is 17.1. The maximum Gasteiger partial charge on any atom is 0.0637 e. The molecule has 3 heteroatoms. The van der Waals surface area contributed by atoms with Crippen molar-refractivity contribution in [2.24, 2.45) is 0 Å². The van der Waals surface area contributed by atoms with Crippen molar-refractivity contribution in [2.75, 3.05) is 31.1 Å². The Morgan fingerprint density at radius 2 is 1.06 bits per heavy atom. The van der Waals surface area contributed by atoms with Gasteiger partial charge in [0, 0.05) is 31.9 Å². The Kier molecular flexibility index (Phi) is 7.32. The molecule has 0 aromatic heterocycles. The van der Waals surface area contributed by atoms with Crippen LogP contribution in [-0.4, -0.2) is 31.1 Å². The van der Waals surface area contributed by atoms with Crippen molar-refractivity contribution in [3.8, 4) is 0 Å². The van der Waals surface area contributed by atoms with Gasteiger partial charge in [-0.2, -0.15) is 0 Å². The predicted octanol–water partition coefficient (Wildman–Crippen LogP) is 6.57. The number of hydrogen-bond acceptors (Lipinski definition) is 2. The molecule has 0 spiro atoms. The van der Waals surface area contributed by atoms with Gasteiger partial charge in [-0.15, -0.1) is 0 Å². The van der Waals surface area contributed by atoms with E-state index < -0.39 is 7.92 Å². The Hall–Kier alpha value is -2.93. The summed E-state index contributed by atoms with van der Waals surface area (Å²) in [7, 11) is -0.617. The lowest BCUT2D eigenvalue weighted by molar-refractivity contribution is 0.239. The van der Waals surface area contributed by atoms with Gasteiger partial charge in [-0.1, -0.05) is 96.6 Å². The molecule has 1 heterocycles. The van der Waals surface area contributed by atoms with Crippen molar-refractivity contribution >= 4 is 24.2 Å². The van der Waals surface area contributed by atoms with Gasteiger partial charge in [-0.3, -0.25) is 4.90 Å². The van der Waals surface area contributed by atoms with Gasteiger partial charge >= 0.3 is 0 Å². The molecule has 1 atom stereocenters. The summed E-state index contributed by atoms with van der Waals surface area (Å²) in [5.41, 5.74) is 7.03. The van der Waals surface area contributed by atoms with Gasteiger partial charge in [0.25, 0.3) is 0 Å². The highest BCUT2D eigenvalue weighted by Crippen LogP contribution is 2.53. The third-order valence-corrected chi connectivity index (χ3v) is 9.87. The molecular weight excluding hydrogens is 443 g/mol. The molecule has 1 saturated heterocycles. The largest absolute Gasteiger partial charge is 0.369 e. The van der Waals surface area contributed by atoms with E-state index in [1.165, 1.54) is 38.6 Å². The van der Waals surface area contributed by atoms with E-state index in [0.29, 0.717) is 5.78 Å². The first kappa shape index (κ1) is 23.8. The number of piperazine rings is 1. The number of aryl methyl sites for hydroxylation is 3. The fraction of sp³-hybridized carbons (Fsp3) is 0.250. The zero-order valence-electron chi connectivity index (χ0n) is 21.1. The van der Waals surface area contributed by atoms with Crippen molar-refractivity contribution in [3.63, 3.8) is 0 Å². The molecule has 0 saturated carbocycles. The van der Waals surface area contributed by atoms with E-state index in [0.717, 1.165) is 26.2 Å². The molecule has 0 bridgehead atoms. The monoisotopic (exact) mass is 478 g/mol. The second kappa shape index (κ2) is 10.8. The van der Waals surface area contributed by atoms with Gasteiger partial charge < -0.3 is 4.90 Å². The van der Waals surface area contributed by atoms with Crippen LogP contribution in [0.2, 0.25) is 0 Å². The standard InChI is InChI=1S/C32H35N2P/c1-25-23-26(2)31(27(3)24-25)32(34-21-19-33(20-22-34)28-13-7-4-8-14-28)35(29-15-9-5-10-16-29)30-17-11-6-12-18-30/h4-18,23-24,32H,19-22H2,1-3H3. The summed E-state index contributed by atoms with van der Waals surface area (Å²) in [6.07, 6.45) is 0. The molecule has 1 fully saturated rings. The van der Waals surface area contributed by atoms with Crippen LogP contribution in [0.25, 0.3) is 0 Å². The highest BCUT2D eigenvalue weighted by atomic mass is 31.1. The Morgan fingerprint density at radius 3 is 1.54 bits per heavy atom. The van der Waals surface area contributed by atoms with Crippen molar-refractivity contribution in [1.29, 1.82) is 0 Å². The van der Waals surface area contributed by atoms with E-state index in [9.17, 15) is 0 Å². The fourth-order valence-electron chi connectivity index (χ4n) is 5.55. The summed E-state index contributed by atoms with van der Waals surface area (Å²) < 4.78 is 0. The minimum absolute atomic E-state index is 0.341. The molecule has 1 aliphatic rings. The Balaban J connectivity index is 1.59. The van der Waals surface area contributed by atoms with Crippen LogP contribution in [-0.2, 0) is 0 Å². The van der Waals surface area contributed by atoms with E-state index in [-0.39, 0.29) is 0 Å². The van der Waals surface area contributed by atoms with Crippen molar-refractivity contribution in [2.45, 2.75) is 26.6 Å². The number of hydrogen-bond donors (Lipinski definition) is 0. The molecule has 0 amide bonds. The Labute approximate surface area is 212 Å². The van der Waals surface area contributed by atoms with Crippen LogP contribution in [0.1, 0.15) is 28.0 Å². The highest BCUT2D eigenvalue weighted by molar-refractivity contribution is 7.73. The van der Waals surface area contributed by atoms with Crippen LogP contribution in [0.5, 0.6) is 0 Å². The van der Waals surface area contributed by atoms with Gasteiger partial charge in [0.05, 0.1) is 5.78 Å². The molecule has 5 rings (SSSR count). The Morgan fingerprint density at radius 1 is 0.600 bits per heavy atom. The summed E-state index contributed by atoms with van der Waals surface area (Å²) in [6, 6.07) is 38.1. The van der Waals surface area contributed by atoms with Gasteiger partial charge in [0.2, 0.25) is 0 Å². The summed E-state index contributed by atoms with van der Waals surface area (Å²) in [5.74, 6) is 0.341. The maximum atomic E-state index is 2.77. The van der Waals surface area contributed by atoms with E-state index in [4.69, 9.17) is 0 Å². The van der Waals surface area contributed by atoms with Crippen molar-refractivity contribution in [1.82, 2.24) is 4.90 Å². The second-order valence-corrected chi connectivity index (χ2v) is 11.8. The molecule has 4 aromatic rings.